The normalized spacial score (nSPS) is 36.8. The second-order valence-corrected chi connectivity index (χ2v) is 4.03. The summed E-state index contributed by atoms with van der Waals surface area (Å²) >= 11 is 0. The summed E-state index contributed by atoms with van der Waals surface area (Å²) in [6.07, 6.45) is 4.73. The van der Waals surface area contributed by atoms with Gasteiger partial charge >= 0.3 is 0 Å². The Kier molecular flexibility index (Phi) is 3.53. The van der Waals surface area contributed by atoms with Crippen LogP contribution in [0.15, 0.2) is 0 Å². The van der Waals surface area contributed by atoms with Gasteiger partial charge in [0.2, 0.25) is 0 Å². The van der Waals surface area contributed by atoms with Crippen LogP contribution in [-0.2, 0) is 4.74 Å². The lowest BCUT2D eigenvalue weighted by Gasteiger charge is -2.38. The summed E-state index contributed by atoms with van der Waals surface area (Å²) in [4.78, 5) is 0. The van der Waals surface area contributed by atoms with Crippen LogP contribution >= 0.6 is 0 Å². The lowest BCUT2D eigenvalue weighted by molar-refractivity contribution is -0.0802. The Labute approximate surface area is 75.7 Å². The van der Waals surface area contributed by atoms with E-state index < -0.39 is 0 Å². The Bertz CT molecular complexity index is 134. The van der Waals surface area contributed by atoms with E-state index in [4.69, 9.17) is 4.74 Å². The van der Waals surface area contributed by atoms with Gasteiger partial charge in [0, 0.05) is 12.6 Å². The highest BCUT2D eigenvalue weighted by Crippen LogP contribution is 2.28. The largest absolute Gasteiger partial charge is 0.375 e. The van der Waals surface area contributed by atoms with Gasteiger partial charge in [0.25, 0.3) is 0 Å². The lowest BCUT2D eigenvalue weighted by Crippen LogP contribution is -2.44. The van der Waals surface area contributed by atoms with Crippen molar-refractivity contribution in [1.29, 1.82) is 0 Å². The van der Waals surface area contributed by atoms with Crippen molar-refractivity contribution in [2.24, 2.45) is 0 Å². The van der Waals surface area contributed by atoms with Crippen molar-refractivity contribution < 1.29 is 4.74 Å². The first-order valence-corrected chi connectivity index (χ1v) is 5.01. The fraction of sp³-hybridized carbons (Fsp3) is 1.00. The monoisotopic (exact) mass is 171 g/mol. The Balaban J connectivity index is 2.43. The molecule has 0 aromatic rings. The zero-order chi connectivity index (χ0) is 9.03. The maximum Gasteiger partial charge on any atom is 0.0669 e. The Hall–Kier alpha value is -0.0800. The maximum absolute atomic E-state index is 5.80. The molecule has 0 aromatic heterocycles. The molecule has 1 heterocycles. The molecule has 0 aromatic carbocycles. The summed E-state index contributed by atoms with van der Waals surface area (Å²) in [6, 6.07) is 0.662. The van der Waals surface area contributed by atoms with E-state index in [-0.39, 0.29) is 5.60 Å². The van der Waals surface area contributed by atoms with E-state index in [0.717, 1.165) is 19.4 Å². The van der Waals surface area contributed by atoms with Crippen molar-refractivity contribution in [1.82, 2.24) is 5.32 Å². The first kappa shape index (κ1) is 10.0. The third kappa shape index (κ3) is 2.46. The van der Waals surface area contributed by atoms with Crippen LogP contribution in [0.2, 0.25) is 0 Å². The van der Waals surface area contributed by atoms with Crippen LogP contribution in [0.1, 0.15) is 39.5 Å². The quantitative estimate of drug-likeness (QED) is 0.700. The van der Waals surface area contributed by atoms with E-state index in [2.05, 4.69) is 19.2 Å². The summed E-state index contributed by atoms with van der Waals surface area (Å²) in [5.41, 5.74) is 0.140. The molecule has 1 fully saturated rings. The number of ether oxygens (including phenoxy) is 1. The van der Waals surface area contributed by atoms with Crippen LogP contribution in [-0.4, -0.2) is 25.3 Å². The standard InChI is InChI=1S/C10H21NO/c1-4-6-10(2)8-9(11-3)5-7-12-10/h9,11H,4-8H2,1-3H3. The SMILES string of the molecule is CCCC1(C)CC(NC)CCO1. The molecule has 0 saturated carbocycles. The first-order chi connectivity index (χ1) is 5.70. The van der Waals surface area contributed by atoms with Crippen molar-refractivity contribution in [3.8, 4) is 0 Å². The molecular weight excluding hydrogens is 150 g/mol. The molecule has 0 bridgehead atoms. The molecule has 1 N–H and O–H groups in total. The molecule has 12 heavy (non-hydrogen) atoms. The van der Waals surface area contributed by atoms with Crippen molar-refractivity contribution in [2.75, 3.05) is 13.7 Å². The zero-order valence-electron chi connectivity index (χ0n) is 8.52. The predicted octanol–water partition coefficient (Wildman–Crippen LogP) is 1.94. The molecular formula is C10H21NO. The van der Waals surface area contributed by atoms with Crippen molar-refractivity contribution >= 4 is 0 Å². The molecule has 0 spiro atoms. The molecule has 72 valence electrons. The molecule has 0 aliphatic carbocycles. The zero-order valence-corrected chi connectivity index (χ0v) is 8.52. The molecule has 2 heteroatoms. The number of nitrogens with one attached hydrogen (secondary N) is 1. The minimum Gasteiger partial charge on any atom is -0.375 e. The van der Waals surface area contributed by atoms with Crippen LogP contribution < -0.4 is 5.32 Å². The molecule has 1 aliphatic rings. The van der Waals surface area contributed by atoms with E-state index in [9.17, 15) is 0 Å². The second-order valence-electron chi connectivity index (χ2n) is 4.03. The van der Waals surface area contributed by atoms with Gasteiger partial charge in [0.05, 0.1) is 5.60 Å². The van der Waals surface area contributed by atoms with Crippen LogP contribution in [0.3, 0.4) is 0 Å². The van der Waals surface area contributed by atoms with Crippen LogP contribution in [0.4, 0.5) is 0 Å². The minimum atomic E-state index is 0.140. The van der Waals surface area contributed by atoms with Gasteiger partial charge in [-0.2, -0.15) is 0 Å². The number of hydrogen-bond donors (Lipinski definition) is 1. The third-order valence-electron chi connectivity index (χ3n) is 2.78. The summed E-state index contributed by atoms with van der Waals surface area (Å²) in [5, 5.41) is 3.34. The topological polar surface area (TPSA) is 21.3 Å². The summed E-state index contributed by atoms with van der Waals surface area (Å²) < 4.78 is 5.80. The molecule has 0 amide bonds. The van der Waals surface area contributed by atoms with E-state index in [1.54, 1.807) is 0 Å². The Morgan fingerprint density at radius 3 is 2.92 bits per heavy atom. The van der Waals surface area contributed by atoms with Crippen molar-refractivity contribution in [3.05, 3.63) is 0 Å². The van der Waals surface area contributed by atoms with Gasteiger partial charge in [-0.15, -0.1) is 0 Å². The van der Waals surface area contributed by atoms with Gasteiger partial charge in [0.1, 0.15) is 0 Å². The summed E-state index contributed by atoms with van der Waals surface area (Å²) in [6.45, 7) is 5.37. The van der Waals surface area contributed by atoms with E-state index >= 15 is 0 Å². The molecule has 2 atom stereocenters. The summed E-state index contributed by atoms with van der Waals surface area (Å²) in [5.74, 6) is 0. The Morgan fingerprint density at radius 1 is 1.58 bits per heavy atom. The van der Waals surface area contributed by atoms with Crippen LogP contribution in [0.25, 0.3) is 0 Å². The van der Waals surface area contributed by atoms with Gasteiger partial charge in [-0.25, -0.2) is 0 Å². The lowest BCUT2D eigenvalue weighted by atomic mass is 9.88. The van der Waals surface area contributed by atoms with Gasteiger partial charge in [-0.05, 0) is 33.2 Å². The van der Waals surface area contributed by atoms with Crippen LogP contribution in [0, 0.1) is 0 Å². The van der Waals surface area contributed by atoms with E-state index in [1.165, 1.54) is 12.8 Å². The highest BCUT2D eigenvalue weighted by atomic mass is 16.5. The van der Waals surface area contributed by atoms with E-state index in [1.807, 2.05) is 7.05 Å². The van der Waals surface area contributed by atoms with Crippen molar-refractivity contribution in [2.45, 2.75) is 51.2 Å². The average molecular weight is 171 g/mol. The molecule has 1 aliphatic heterocycles. The first-order valence-electron chi connectivity index (χ1n) is 5.01. The molecule has 2 unspecified atom stereocenters. The van der Waals surface area contributed by atoms with Crippen molar-refractivity contribution in [3.63, 3.8) is 0 Å². The second kappa shape index (κ2) is 4.24. The third-order valence-corrected chi connectivity index (χ3v) is 2.78. The molecule has 1 rings (SSSR count). The fourth-order valence-electron chi connectivity index (χ4n) is 2.08. The van der Waals surface area contributed by atoms with Gasteiger partial charge in [0.15, 0.2) is 0 Å². The minimum absolute atomic E-state index is 0.140. The predicted molar refractivity (Wildman–Crippen MR) is 51.3 cm³/mol. The molecule has 2 nitrogen and oxygen atoms in total. The summed E-state index contributed by atoms with van der Waals surface area (Å²) in [7, 11) is 2.04. The van der Waals surface area contributed by atoms with Gasteiger partial charge in [-0.1, -0.05) is 13.3 Å². The van der Waals surface area contributed by atoms with Gasteiger partial charge in [-0.3, -0.25) is 0 Å². The number of hydrogen-bond acceptors (Lipinski definition) is 2. The molecule has 1 saturated heterocycles. The molecule has 0 radical (unpaired) electrons. The average Bonchev–Trinajstić information content (AvgIpc) is 2.04. The van der Waals surface area contributed by atoms with Crippen LogP contribution in [0.5, 0.6) is 0 Å². The maximum atomic E-state index is 5.80. The van der Waals surface area contributed by atoms with Gasteiger partial charge < -0.3 is 10.1 Å². The smallest absolute Gasteiger partial charge is 0.0669 e. The highest BCUT2D eigenvalue weighted by Gasteiger charge is 2.31. The highest BCUT2D eigenvalue weighted by molar-refractivity contribution is 4.85. The van der Waals surface area contributed by atoms with E-state index in [0.29, 0.717) is 6.04 Å². The number of rotatable bonds is 3. The fourth-order valence-corrected chi connectivity index (χ4v) is 2.08. The Morgan fingerprint density at radius 2 is 2.33 bits per heavy atom.